The lowest BCUT2D eigenvalue weighted by atomic mass is 10.1. The lowest BCUT2D eigenvalue weighted by Crippen LogP contribution is -1.95. The topological polar surface area (TPSA) is 9.86 Å². The summed E-state index contributed by atoms with van der Waals surface area (Å²) in [6.45, 7) is 17.1. The zero-order chi connectivity index (χ0) is 33.9. The second-order valence-electron chi connectivity index (χ2n) is 12.2. The molecule has 0 fully saturated rings. The summed E-state index contributed by atoms with van der Waals surface area (Å²) in [4.78, 5) is 0. The van der Waals surface area contributed by atoms with Crippen LogP contribution in [0.5, 0.6) is 0 Å². The highest BCUT2D eigenvalue weighted by atomic mass is 15.0. The van der Waals surface area contributed by atoms with E-state index in [0.29, 0.717) is 0 Å². The lowest BCUT2D eigenvalue weighted by molar-refractivity contribution is 1.17. The SMILES string of the molecule is C=C/C=C\C(=C)C.C=CC(=C)c1ccc(-n2c3ccccc3c3c4c5ccccc5n(-c5ccc(-c6ccccc6)cc5)c4ccc32)cc1. The minimum Gasteiger partial charge on any atom is -0.309 e. The fourth-order valence-electron chi connectivity index (χ4n) is 6.68. The molecule has 0 saturated heterocycles. The Balaban J connectivity index is 0.000000491. The Morgan fingerprint density at radius 3 is 1.45 bits per heavy atom. The molecule has 0 amide bonds. The number of nitrogens with zero attached hydrogens (tertiary/aromatic N) is 2. The Morgan fingerprint density at radius 2 is 0.980 bits per heavy atom. The normalized spacial score (nSPS) is 11.2. The number of rotatable bonds is 7. The van der Waals surface area contributed by atoms with Gasteiger partial charge in [-0.25, -0.2) is 0 Å². The molecule has 8 rings (SSSR count). The van der Waals surface area contributed by atoms with Gasteiger partial charge in [0.25, 0.3) is 0 Å². The number of hydrogen-bond acceptors (Lipinski definition) is 0. The Hall–Kier alpha value is -6.38. The summed E-state index contributed by atoms with van der Waals surface area (Å²) in [5.74, 6) is 0. The number of allylic oxidation sites excluding steroid dienone is 6. The zero-order valence-electron chi connectivity index (χ0n) is 27.8. The van der Waals surface area contributed by atoms with Crippen molar-refractivity contribution >= 4 is 49.2 Å². The number of benzene rings is 6. The summed E-state index contributed by atoms with van der Waals surface area (Å²) in [7, 11) is 0. The molecule has 0 bridgehead atoms. The molecule has 0 spiro atoms. The highest BCUT2D eigenvalue weighted by Gasteiger charge is 2.20. The molecule has 236 valence electrons. The van der Waals surface area contributed by atoms with Gasteiger partial charge in [-0.15, -0.1) is 0 Å². The van der Waals surface area contributed by atoms with Crippen molar-refractivity contribution in [2.24, 2.45) is 0 Å². The van der Waals surface area contributed by atoms with E-state index in [4.69, 9.17) is 0 Å². The maximum Gasteiger partial charge on any atom is 0.0548 e. The van der Waals surface area contributed by atoms with Crippen LogP contribution in [0.1, 0.15) is 12.5 Å². The van der Waals surface area contributed by atoms with Crippen LogP contribution in [-0.2, 0) is 0 Å². The Morgan fingerprint density at radius 1 is 0.510 bits per heavy atom. The molecule has 2 heterocycles. The monoisotopic (exact) mass is 630 g/mol. The number of para-hydroxylation sites is 2. The summed E-state index contributed by atoms with van der Waals surface area (Å²) in [6, 6.07) is 50.2. The van der Waals surface area contributed by atoms with Crippen LogP contribution in [0, 0.1) is 0 Å². The quantitative estimate of drug-likeness (QED) is 0.155. The first-order valence-electron chi connectivity index (χ1n) is 16.5. The molecule has 2 heteroatoms. The first kappa shape index (κ1) is 31.2. The van der Waals surface area contributed by atoms with Crippen molar-refractivity contribution in [2.75, 3.05) is 0 Å². The summed E-state index contributed by atoms with van der Waals surface area (Å²) in [5, 5.41) is 5.06. The molecule has 8 aromatic rings. The molecule has 0 unspecified atom stereocenters. The minimum atomic E-state index is 0.926. The minimum absolute atomic E-state index is 0.926. The van der Waals surface area contributed by atoms with Crippen LogP contribution in [0.3, 0.4) is 0 Å². The van der Waals surface area contributed by atoms with Crippen LogP contribution >= 0.6 is 0 Å². The molecule has 49 heavy (non-hydrogen) atoms. The largest absolute Gasteiger partial charge is 0.309 e. The van der Waals surface area contributed by atoms with Gasteiger partial charge in [-0.1, -0.05) is 147 Å². The van der Waals surface area contributed by atoms with Crippen LogP contribution < -0.4 is 0 Å². The Kier molecular flexibility index (Phi) is 8.53. The van der Waals surface area contributed by atoms with Gasteiger partial charge in [0.05, 0.1) is 22.1 Å². The second-order valence-corrected chi connectivity index (χ2v) is 12.2. The maximum atomic E-state index is 4.12. The van der Waals surface area contributed by atoms with Crippen LogP contribution in [0.25, 0.3) is 71.7 Å². The van der Waals surface area contributed by atoms with Gasteiger partial charge in [0.1, 0.15) is 0 Å². The fourth-order valence-corrected chi connectivity index (χ4v) is 6.68. The van der Waals surface area contributed by atoms with E-state index in [9.17, 15) is 0 Å². The van der Waals surface area contributed by atoms with E-state index in [-0.39, 0.29) is 0 Å². The third-order valence-corrected chi connectivity index (χ3v) is 8.96. The number of fused-ring (bicyclic) bond motifs is 7. The summed E-state index contributed by atoms with van der Waals surface area (Å²) in [5.41, 5.74) is 12.6. The van der Waals surface area contributed by atoms with E-state index in [1.807, 2.05) is 19.1 Å². The molecule has 0 aliphatic carbocycles. The summed E-state index contributed by atoms with van der Waals surface area (Å²) in [6.07, 6.45) is 7.31. The maximum absolute atomic E-state index is 4.12. The average Bonchev–Trinajstić information content (AvgIpc) is 3.67. The van der Waals surface area contributed by atoms with Gasteiger partial charge in [0.2, 0.25) is 0 Å². The van der Waals surface area contributed by atoms with Crippen molar-refractivity contribution < 1.29 is 0 Å². The van der Waals surface area contributed by atoms with Gasteiger partial charge in [-0.3, -0.25) is 0 Å². The third-order valence-electron chi connectivity index (χ3n) is 8.96. The first-order valence-corrected chi connectivity index (χ1v) is 16.5. The standard InChI is InChI=1S/C40H28N2.C7H10/c1-3-27(2)28-17-21-31(22-18-28)41-35-15-9-7-13-33(35)39-37(41)25-26-38-40(39)34-14-8-10-16-36(34)42(38)32-23-19-30(20-24-32)29-11-5-4-6-12-29;1-4-5-6-7(2)3/h3-26H,1-2H2;4-6H,1-2H2,3H3/b;6-5-. The zero-order valence-corrected chi connectivity index (χ0v) is 27.8. The van der Waals surface area contributed by atoms with Crippen LogP contribution in [0.2, 0.25) is 0 Å². The molecule has 0 aliphatic rings. The van der Waals surface area contributed by atoms with E-state index < -0.39 is 0 Å². The molecular weight excluding hydrogens is 593 g/mol. The average molecular weight is 631 g/mol. The van der Waals surface area contributed by atoms with Crippen molar-refractivity contribution in [1.82, 2.24) is 9.13 Å². The van der Waals surface area contributed by atoms with Crippen molar-refractivity contribution in [3.8, 4) is 22.5 Å². The predicted octanol–water partition coefficient (Wildman–Crippen LogP) is 13.1. The van der Waals surface area contributed by atoms with Gasteiger partial charge >= 0.3 is 0 Å². The molecule has 6 aromatic carbocycles. The summed E-state index contributed by atoms with van der Waals surface area (Å²) < 4.78 is 4.78. The van der Waals surface area contributed by atoms with E-state index in [1.54, 1.807) is 12.2 Å². The van der Waals surface area contributed by atoms with E-state index in [2.05, 4.69) is 175 Å². The van der Waals surface area contributed by atoms with Crippen molar-refractivity contribution in [1.29, 1.82) is 0 Å². The highest BCUT2D eigenvalue weighted by Crippen LogP contribution is 2.42. The van der Waals surface area contributed by atoms with Gasteiger partial charge in [0.15, 0.2) is 0 Å². The van der Waals surface area contributed by atoms with E-state index in [1.165, 1.54) is 54.7 Å². The Bertz CT molecular complexity index is 2530. The van der Waals surface area contributed by atoms with Crippen LogP contribution in [0.4, 0.5) is 0 Å². The van der Waals surface area contributed by atoms with E-state index in [0.717, 1.165) is 28.1 Å². The highest BCUT2D eigenvalue weighted by molar-refractivity contribution is 6.28. The van der Waals surface area contributed by atoms with Crippen molar-refractivity contribution in [3.63, 3.8) is 0 Å². The number of aromatic nitrogens is 2. The first-order chi connectivity index (χ1) is 24.0. The molecule has 2 nitrogen and oxygen atoms in total. The molecule has 0 radical (unpaired) electrons. The van der Waals surface area contributed by atoms with Crippen molar-refractivity contribution in [3.05, 3.63) is 201 Å². The lowest BCUT2D eigenvalue weighted by Gasteiger charge is -2.11. The van der Waals surface area contributed by atoms with Gasteiger partial charge in [0, 0.05) is 32.9 Å². The predicted molar refractivity (Wildman–Crippen MR) is 214 cm³/mol. The molecule has 0 atom stereocenters. The number of hydrogen-bond donors (Lipinski definition) is 0. The summed E-state index contributed by atoms with van der Waals surface area (Å²) >= 11 is 0. The smallest absolute Gasteiger partial charge is 0.0548 e. The molecule has 0 aliphatic heterocycles. The molecule has 0 N–H and O–H groups in total. The van der Waals surface area contributed by atoms with Gasteiger partial charge in [-0.2, -0.15) is 0 Å². The van der Waals surface area contributed by atoms with Gasteiger partial charge < -0.3 is 9.13 Å². The second kappa shape index (κ2) is 13.4. The third kappa shape index (κ3) is 5.75. The Labute approximate surface area is 288 Å². The van der Waals surface area contributed by atoms with E-state index >= 15 is 0 Å². The van der Waals surface area contributed by atoms with Crippen LogP contribution in [0.15, 0.2) is 196 Å². The van der Waals surface area contributed by atoms with Gasteiger partial charge in [-0.05, 0) is 77.7 Å². The fraction of sp³-hybridized carbons (Fsp3) is 0.0213. The molecular formula is C47H38N2. The molecule has 2 aromatic heterocycles. The van der Waals surface area contributed by atoms with Crippen molar-refractivity contribution in [2.45, 2.75) is 6.92 Å². The van der Waals surface area contributed by atoms with Crippen LogP contribution in [-0.4, -0.2) is 9.13 Å². The molecule has 0 saturated carbocycles.